The minimum atomic E-state index is -0.773. The van der Waals surface area contributed by atoms with Crippen LogP contribution in [-0.2, 0) is 34.0 Å². The summed E-state index contributed by atoms with van der Waals surface area (Å²) in [6.45, 7) is 23.6. The van der Waals surface area contributed by atoms with Crippen molar-refractivity contribution in [1.29, 1.82) is 0 Å². The Morgan fingerprint density at radius 1 is 0.570 bits per heavy atom. The molecule has 4 aromatic carbocycles. The number of carbonyl (C=O) groups excluding carboxylic acids is 4. The van der Waals surface area contributed by atoms with Crippen molar-refractivity contribution in [3.8, 4) is 11.5 Å². The lowest BCUT2D eigenvalue weighted by atomic mass is 9.80. The van der Waals surface area contributed by atoms with E-state index in [1.165, 1.54) is 23.8 Å². The van der Waals surface area contributed by atoms with Crippen molar-refractivity contribution >= 4 is 23.6 Å². The lowest BCUT2D eigenvalue weighted by Crippen LogP contribution is -2.43. The van der Waals surface area contributed by atoms with Gasteiger partial charge in [0.05, 0.1) is 50.7 Å². The number of rotatable bonds is 14. The van der Waals surface area contributed by atoms with Gasteiger partial charge < -0.3 is 39.1 Å². The summed E-state index contributed by atoms with van der Waals surface area (Å²) < 4.78 is 15.8. The van der Waals surface area contributed by atoms with Crippen LogP contribution in [0.4, 0.5) is 0 Å². The number of Topliss-reactive ketones (excluding diaryl/α,β-unsaturated/α-hetero) is 1. The van der Waals surface area contributed by atoms with Gasteiger partial charge >= 0.3 is 5.97 Å². The van der Waals surface area contributed by atoms with Crippen LogP contribution >= 0.6 is 0 Å². The molecule has 0 spiro atoms. The topological polar surface area (TPSA) is 121 Å². The highest BCUT2D eigenvalue weighted by Gasteiger charge is 2.38. The number of hydrogen-bond donors (Lipinski definition) is 1. The monoisotopic (exact) mass is 1160 g/mol. The van der Waals surface area contributed by atoms with Gasteiger partial charge in [0.25, 0.3) is 5.91 Å². The minimum absolute atomic E-state index is 0.0487. The molecule has 12 heteroatoms. The van der Waals surface area contributed by atoms with E-state index in [1.54, 1.807) is 45.2 Å². The number of methoxy groups -OCH3 is 3. The Labute approximate surface area is 511 Å². The summed E-state index contributed by atoms with van der Waals surface area (Å²) in [7, 11) is 8.39. The second-order valence-electron chi connectivity index (χ2n) is 26.2. The molecule has 2 amide bonds. The first kappa shape index (κ1) is 63.6. The molecule has 0 aromatic heterocycles. The van der Waals surface area contributed by atoms with E-state index in [2.05, 4.69) is 157 Å². The lowest BCUT2D eigenvalue weighted by Gasteiger charge is -2.32. The van der Waals surface area contributed by atoms with E-state index in [9.17, 15) is 19.2 Å². The van der Waals surface area contributed by atoms with Crippen LogP contribution in [0.5, 0.6) is 11.5 Å². The Balaban J connectivity index is 0.000000171. The standard InChI is InChI=1S/C30H35N3O2.C22H27NO3.C22H27NO2/c1-30(2,3)24-16-17-25-23(18-24)19-26(33(25)5)28(34)31-27(22-14-10-7-11-15-22)29(35)32(4)20-21-12-8-6-9-13-21;1-22(2,3)18-9-8-15-10-11-23(19(15)13-18)14-17-7-6-16(21(24)26-5)12-20(17)25-4;1-15(24)17-6-7-18(21(12-17)25-5)14-23-11-10-16-8-9-19(13-20(16)23)22(2,3)4/h6-19,23,25,27H,20H2,1-5H3,(H,31,34);6-13,15,19H,14H2,1-5H3;6-13,16,20H,14H2,1-5H3. The average molecular weight is 1160 g/mol. The van der Waals surface area contributed by atoms with Crippen LogP contribution in [-0.4, -0.2) is 96.7 Å². The molecule has 7 unspecified atom stereocenters. The summed E-state index contributed by atoms with van der Waals surface area (Å²) in [6, 6.07) is 30.5. The van der Waals surface area contributed by atoms with Gasteiger partial charge in [-0.25, -0.2) is 4.79 Å². The lowest BCUT2D eigenvalue weighted by molar-refractivity contribution is -0.135. The average Bonchev–Trinajstić information content (AvgIpc) is 1.93. The Bertz CT molecular complexity index is 3420. The van der Waals surface area contributed by atoms with Gasteiger partial charge in [-0.3, -0.25) is 14.4 Å². The van der Waals surface area contributed by atoms with E-state index in [1.807, 2.05) is 103 Å². The van der Waals surface area contributed by atoms with Crippen LogP contribution in [0.2, 0.25) is 0 Å². The largest absolute Gasteiger partial charge is 0.496 e. The number of nitrogens with zero attached hydrogens (tertiary/aromatic N) is 4. The van der Waals surface area contributed by atoms with E-state index >= 15 is 0 Å². The Kier molecular flexibility index (Phi) is 19.9. The summed E-state index contributed by atoms with van der Waals surface area (Å²) in [5, 5.41) is 3.04. The number of allylic oxidation sites excluding steroid dienone is 6. The fourth-order valence-electron chi connectivity index (χ4n) is 11.6. The van der Waals surface area contributed by atoms with Crippen molar-refractivity contribution in [2.24, 2.45) is 34.0 Å². The number of ketones is 1. The van der Waals surface area contributed by atoms with Crippen molar-refractivity contribution in [2.45, 2.75) is 113 Å². The summed E-state index contributed by atoms with van der Waals surface area (Å²) in [5.74, 6) is 1.75. The molecule has 7 atom stereocenters. The molecule has 1 N–H and O–H groups in total. The van der Waals surface area contributed by atoms with Crippen LogP contribution < -0.4 is 14.8 Å². The molecule has 86 heavy (non-hydrogen) atoms. The first-order valence-electron chi connectivity index (χ1n) is 29.9. The van der Waals surface area contributed by atoms with Crippen molar-refractivity contribution in [3.05, 3.63) is 238 Å². The zero-order chi connectivity index (χ0) is 62.3. The Hall–Kier alpha value is -8.38. The molecule has 0 radical (unpaired) electrons. The van der Waals surface area contributed by atoms with Crippen LogP contribution in [0.1, 0.15) is 118 Å². The third kappa shape index (κ3) is 15.2. The van der Waals surface area contributed by atoms with Crippen molar-refractivity contribution in [3.63, 3.8) is 0 Å². The molecule has 3 aliphatic heterocycles. The molecule has 3 aliphatic carbocycles. The fraction of sp³-hybridized carbons (Fsp3) is 0.378. The maximum absolute atomic E-state index is 13.5. The predicted molar refractivity (Wildman–Crippen MR) is 345 cm³/mol. The van der Waals surface area contributed by atoms with Gasteiger partial charge in [-0.15, -0.1) is 0 Å². The molecular formula is C74H89N5O7. The highest BCUT2D eigenvalue weighted by Crippen LogP contribution is 2.41. The predicted octanol–water partition coefficient (Wildman–Crippen LogP) is 14.0. The number of carbonyl (C=O) groups is 4. The van der Waals surface area contributed by atoms with E-state index in [0.29, 0.717) is 53.0 Å². The zero-order valence-electron chi connectivity index (χ0n) is 53.1. The third-order valence-corrected chi connectivity index (χ3v) is 16.9. The van der Waals surface area contributed by atoms with E-state index in [0.717, 1.165) is 41.1 Å². The van der Waals surface area contributed by atoms with Gasteiger partial charge in [0, 0.05) is 68.2 Å². The number of esters is 1. The van der Waals surface area contributed by atoms with Gasteiger partial charge in [-0.2, -0.15) is 0 Å². The molecular weight excluding hydrogens is 1070 g/mol. The maximum atomic E-state index is 13.5. The molecule has 12 nitrogen and oxygen atoms in total. The SMILES string of the molecule is CN(Cc1ccccc1)C(=O)C(NC(=O)C1=CC2C=C(C(C)(C)C)C=CC2N1C)c1ccccc1.COC(=O)c1ccc(CN2C=CC3C=CC(C(C)(C)C)=CC32)c(OC)c1.COc1cc(C(C)=O)ccc1CN1C=CC2C=CC(C(C)(C)C)=CC21. The second-order valence-corrected chi connectivity index (χ2v) is 26.2. The molecule has 4 aromatic rings. The third-order valence-electron chi connectivity index (χ3n) is 16.9. The first-order valence-corrected chi connectivity index (χ1v) is 29.9. The number of nitrogens with one attached hydrogen (secondary N) is 1. The molecule has 0 saturated carbocycles. The molecule has 0 bridgehead atoms. The van der Waals surface area contributed by atoms with Gasteiger partial charge in [-0.1, -0.05) is 208 Å². The zero-order valence-corrected chi connectivity index (χ0v) is 53.1. The highest BCUT2D eigenvalue weighted by molar-refractivity contribution is 5.97. The number of benzene rings is 4. The first-order chi connectivity index (χ1) is 40.8. The normalized spacial score (nSPS) is 21.0. The summed E-state index contributed by atoms with van der Waals surface area (Å²) in [5.41, 5.74) is 10.1. The second kappa shape index (κ2) is 26.9. The molecule has 10 rings (SSSR count). The van der Waals surface area contributed by atoms with E-state index in [-0.39, 0.29) is 51.8 Å². The summed E-state index contributed by atoms with van der Waals surface area (Å²) in [6.07, 6.45) is 31.3. The van der Waals surface area contributed by atoms with Gasteiger partial charge in [0.15, 0.2) is 5.78 Å². The van der Waals surface area contributed by atoms with Crippen LogP contribution in [0.15, 0.2) is 205 Å². The maximum Gasteiger partial charge on any atom is 0.337 e. The van der Waals surface area contributed by atoms with E-state index < -0.39 is 6.04 Å². The molecule has 6 aliphatic rings. The fourth-order valence-corrected chi connectivity index (χ4v) is 11.6. The van der Waals surface area contributed by atoms with Crippen LogP contribution in [0.25, 0.3) is 0 Å². The van der Waals surface area contributed by atoms with Crippen LogP contribution in [0.3, 0.4) is 0 Å². The molecule has 3 heterocycles. The van der Waals surface area contributed by atoms with Crippen molar-refractivity contribution in [2.75, 3.05) is 35.4 Å². The molecule has 0 fully saturated rings. The summed E-state index contributed by atoms with van der Waals surface area (Å²) in [4.78, 5) is 58.7. The van der Waals surface area contributed by atoms with Crippen LogP contribution in [0, 0.1) is 34.0 Å². The van der Waals surface area contributed by atoms with Crippen molar-refractivity contribution in [1.82, 2.24) is 24.9 Å². The van der Waals surface area contributed by atoms with Gasteiger partial charge in [0.2, 0.25) is 5.91 Å². The smallest absolute Gasteiger partial charge is 0.337 e. The Morgan fingerprint density at radius 3 is 1.53 bits per heavy atom. The quantitative estimate of drug-likeness (QED) is 0.0965. The number of likely N-dealkylation sites (N-methyl/N-ethyl adjacent to an activating group) is 2. The van der Waals surface area contributed by atoms with Crippen molar-refractivity contribution < 1.29 is 33.4 Å². The number of hydrogen-bond acceptors (Lipinski definition) is 10. The minimum Gasteiger partial charge on any atom is -0.496 e. The van der Waals surface area contributed by atoms with Gasteiger partial charge in [0.1, 0.15) is 17.5 Å². The molecule has 452 valence electrons. The van der Waals surface area contributed by atoms with E-state index in [4.69, 9.17) is 14.2 Å². The Morgan fingerprint density at radius 2 is 1.05 bits per heavy atom. The summed E-state index contributed by atoms with van der Waals surface area (Å²) >= 11 is 0. The molecule has 0 saturated heterocycles. The van der Waals surface area contributed by atoms with Gasteiger partial charge in [-0.05, 0) is 87.7 Å². The number of amides is 2. The number of fused-ring (bicyclic) bond motifs is 3. The number of ether oxygens (including phenoxy) is 3. The highest BCUT2D eigenvalue weighted by atomic mass is 16.5.